The minimum Gasteiger partial charge on any atom is -0.337 e. The number of benzene rings is 1. The Hall–Kier alpha value is -1.85. The largest absolute Gasteiger partial charge is 0.337 e. The van der Waals surface area contributed by atoms with Gasteiger partial charge in [-0.3, -0.25) is 4.79 Å². The Kier molecular flexibility index (Phi) is 4.54. The van der Waals surface area contributed by atoms with Crippen LogP contribution < -0.4 is 10.6 Å². The molecule has 19 heavy (non-hydrogen) atoms. The summed E-state index contributed by atoms with van der Waals surface area (Å²) in [5, 5.41) is 6.40. The Bertz CT molecular complexity index is 567. The summed E-state index contributed by atoms with van der Waals surface area (Å²) in [6, 6.07) is 7.05. The number of anilines is 1. The van der Waals surface area contributed by atoms with Crippen molar-refractivity contribution in [2.75, 3.05) is 11.9 Å². The Morgan fingerprint density at radius 1 is 1.47 bits per heavy atom. The van der Waals surface area contributed by atoms with E-state index in [-0.39, 0.29) is 12.5 Å². The molecule has 1 aromatic heterocycles. The van der Waals surface area contributed by atoms with E-state index in [1.807, 2.05) is 17.8 Å². The van der Waals surface area contributed by atoms with Gasteiger partial charge in [0.15, 0.2) is 0 Å². The second-order valence-electron chi connectivity index (χ2n) is 4.12. The molecule has 6 heteroatoms. The van der Waals surface area contributed by atoms with Crippen molar-refractivity contribution >= 4 is 23.2 Å². The topological polar surface area (TPSA) is 59.0 Å². The van der Waals surface area contributed by atoms with Crippen LogP contribution >= 0.6 is 11.6 Å². The van der Waals surface area contributed by atoms with Crippen LogP contribution in [0.5, 0.6) is 0 Å². The number of carbonyl (C=O) groups is 1. The van der Waals surface area contributed by atoms with Crippen LogP contribution in [-0.4, -0.2) is 22.0 Å². The highest BCUT2D eigenvalue weighted by molar-refractivity contribution is 6.30. The van der Waals surface area contributed by atoms with Gasteiger partial charge in [0.1, 0.15) is 5.82 Å². The molecule has 0 spiro atoms. The molecule has 2 aromatic rings. The van der Waals surface area contributed by atoms with Crippen LogP contribution in [0.15, 0.2) is 36.7 Å². The summed E-state index contributed by atoms with van der Waals surface area (Å²) in [7, 11) is 1.91. The predicted molar refractivity (Wildman–Crippen MR) is 75.0 cm³/mol. The van der Waals surface area contributed by atoms with Crippen molar-refractivity contribution in [3.63, 3.8) is 0 Å². The minimum absolute atomic E-state index is 0.114. The van der Waals surface area contributed by atoms with Crippen molar-refractivity contribution in [2.45, 2.75) is 6.54 Å². The smallest absolute Gasteiger partial charge is 0.238 e. The van der Waals surface area contributed by atoms with Crippen molar-refractivity contribution in [2.24, 2.45) is 7.05 Å². The number of amides is 1. The zero-order valence-electron chi connectivity index (χ0n) is 10.6. The Balaban J connectivity index is 1.77. The van der Waals surface area contributed by atoms with E-state index in [1.54, 1.807) is 30.5 Å². The molecular formula is C13H15ClN4O. The second kappa shape index (κ2) is 6.36. The molecule has 0 radical (unpaired) electrons. The summed E-state index contributed by atoms with van der Waals surface area (Å²) in [4.78, 5) is 15.9. The third-order valence-corrected chi connectivity index (χ3v) is 2.83. The number of halogens is 1. The maximum atomic E-state index is 11.7. The Morgan fingerprint density at radius 3 is 3.00 bits per heavy atom. The molecule has 0 aliphatic rings. The molecule has 0 bridgehead atoms. The molecule has 0 unspecified atom stereocenters. The Labute approximate surface area is 116 Å². The van der Waals surface area contributed by atoms with Gasteiger partial charge < -0.3 is 15.2 Å². The van der Waals surface area contributed by atoms with Crippen LogP contribution in [0.2, 0.25) is 5.02 Å². The SMILES string of the molecule is Cn1ccnc1CNCC(=O)Nc1cccc(Cl)c1. The molecule has 1 amide bonds. The molecular weight excluding hydrogens is 264 g/mol. The fourth-order valence-corrected chi connectivity index (χ4v) is 1.82. The predicted octanol–water partition coefficient (Wildman–Crippen LogP) is 1.80. The molecule has 0 saturated heterocycles. The van der Waals surface area contributed by atoms with Gasteiger partial charge in [-0.2, -0.15) is 0 Å². The molecule has 2 N–H and O–H groups in total. The highest BCUT2D eigenvalue weighted by Gasteiger charge is 2.04. The van der Waals surface area contributed by atoms with E-state index in [0.717, 1.165) is 5.82 Å². The third-order valence-electron chi connectivity index (χ3n) is 2.60. The number of hydrogen-bond acceptors (Lipinski definition) is 3. The lowest BCUT2D eigenvalue weighted by atomic mass is 10.3. The van der Waals surface area contributed by atoms with Crippen molar-refractivity contribution in [1.82, 2.24) is 14.9 Å². The van der Waals surface area contributed by atoms with E-state index in [2.05, 4.69) is 15.6 Å². The van der Waals surface area contributed by atoms with Gasteiger partial charge >= 0.3 is 0 Å². The highest BCUT2D eigenvalue weighted by Crippen LogP contribution is 2.14. The van der Waals surface area contributed by atoms with Gasteiger partial charge in [0, 0.05) is 30.2 Å². The molecule has 0 fully saturated rings. The summed E-state index contributed by atoms with van der Waals surface area (Å²) in [5.74, 6) is 0.770. The quantitative estimate of drug-likeness (QED) is 0.877. The number of nitrogens with one attached hydrogen (secondary N) is 2. The van der Waals surface area contributed by atoms with Crippen LogP contribution in [0.1, 0.15) is 5.82 Å². The van der Waals surface area contributed by atoms with E-state index in [1.165, 1.54) is 0 Å². The third kappa shape index (κ3) is 4.08. The van der Waals surface area contributed by atoms with Gasteiger partial charge in [-0.05, 0) is 18.2 Å². The molecule has 0 aliphatic heterocycles. The summed E-state index contributed by atoms with van der Waals surface area (Å²) in [6.45, 7) is 0.770. The zero-order chi connectivity index (χ0) is 13.7. The van der Waals surface area contributed by atoms with Crippen LogP contribution in [0.25, 0.3) is 0 Å². The van der Waals surface area contributed by atoms with Crippen LogP contribution in [0.4, 0.5) is 5.69 Å². The number of imidazole rings is 1. The van der Waals surface area contributed by atoms with E-state index in [4.69, 9.17) is 11.6 Å². The number of hydrogen-bond donors (Lipinski definition) is 2. The normalized spacial score (nSPS) is 10.4. The number of nitrogens with zero attached hydrogens (tertiary/aromatic N) is 2. The van der Waals surface area contributed by atoms with Gasteiger partial charge in [0.25, 0.3) is 0 Å². The summed E-state index contributed by atoms with van der Waals surface area (Å²) < 4.78 is 1.90. The van der Waals surface area contributed by atoms with Gasteiger partial charge in [-0.15, -0.1) is 0 Å². The standard InChI is InChI=1S/C13H15ClN4O/c1-18-6-5-16-12(18)8-15-9-13(19)17-11-4-2-3-10(14)7-11/h2-7,15H,8-9H2,1H3,(H,17,19). The molecule has 2 rings (SSSR count). The highest BCUT2D eigenvalue weighted by atomic mass is 35.5. The summed E-state index contributed by atoms with van der Waals surface area (Å²) in [6.07, 6.45) is 3.59. The van der Waals surface area contributed by atoms with Gasteiger partial charge in [-0.25, -0.2) is 4.98 Å². The van der Waals surface area contributed by atoms with Gasteiger partial charge in [0.2, 0.25) is 5.91 Å². The van der Waals surface area contributed by atoms with Crippen molar-refractivity contribution in [1.29, 1.82) is 0 Å². The van der Waals surface area contributed by atoms with E-state index in [9.17, 15) is 4.79 Å². The Morgan fingerprint density at radius 2 is 2.32 bits per heavy atom. The summed E-state index contributed by atoms with van der Waals surface area (Å²) in [5.41, 5.74) is 0.691. The first kappa shape index (κ1) is 13.6. The molecule has 5 nitrogen and oxygen atoms in total. The second-order valence-corrected chi connectivity index (χ2v) is 4.55. The zero-order valence-corrected chi connectivity index (χ0v) is 11.3. The first-order valence-corrected chi connectivity index (χ1v) is 6.25. The molecule has 0 saturated carbocycles. The molecule has 1 aromatic carbocycles. The first-order valence-electron chi connectivity index (χ1n) is 5.87. The molecule has 100 valence electrons. The number of rotatable bonds is 5. The van der Waals surface area contributed by atoms with Crippen LogP contribution in [-0.2, 0) is 18.4 Å². The minimum atomic E-state index is -0.114. The van der Waals surface area contributed by atoms with Crippen molar-refractivity contribution in [3.05, 3.63) is 47.5 Å². The molecule has 0 aliphatic carbocycles. The monoisotopic (exact) mass is 278 g/mol. The maximum absolute atomic E-state index is 11.7. The van der Waals surface area contributed by atoms with Crippen LogP contribution in [0, 0.1) is 0 Å². The maximum Gasteiger partial charge on any atom is 0.238 e. The lowest BCUT2D eigenvalue weighted by Crippen LogP contribution is -2.28. The van der Waals surface area contributed by atoms with E-state index < -0.39 is 0 Å². The number of aryl methyl sites for hydroxylation is 1. The lowest BCUT2D eigenvalue weighted by molar-refractivity contribution is -0.115. The van der Waals surface area contributed by atoms with E-state index >= 15 is 0 Å². The van der Waals surface area contributed by atoms with Gasteiger partial charge in [0.05, 0.1) is 13.1 Å². The summed E-state index contributed by atoms with van der Waals surface area (Å²) >= 11 is 5.84. The number of carbonyl (C=O) groups excluding carboxylic acids is 1. The lowest BCUT2D eigenvalue weighted by Gasteiger charge is -2.07. The van der Waals surface area contributed by atoms with E-state index in [0.29, 0.717) is 17.3 Å². The molecule has 0 atom stereocenters. The number of aromatic nitrogens is 2. The average molecular weight is 279 g/mol. The fourth-order valence-electron chi connectivity index (χ4n) is 1.63. The van der Waals surface area contributed by atoms with Crippen molar-refractivity contribution < 1.29 is 4.79 Å². The molecule has 1 heterocycles. The average Bonchev–Trinajstić information content (AvgIpc) is 2.75. The van der Waals surface area contributed by atoms with Crippen molar-refractivity contribution in [3.8, 4) is 0 Å². The van der Waals surface area contributed by atoms with Gasteiger partial charge in [-0.1, -0.05) is 17.7 Å². The fraction of sp³-hybridized carbons (Fsp3) is 0.231. The first-order chi connectivity index (χ1) is 9.15. The van der Waals surface area contributed by atoms with Crippen LogP contribution in [0.3, 0.4) is 0 Å².